The van der Waals surface area contributed by atoms with Crippen LogP contribution in [0.3, 0.4) is 0 Å². The highest BCUT2D eigenvalue weighted by Gasteiger charge is 2.59. The fraction of sp³-hybridized carbons (Fsp3) is 0.600. The van der Waals surface area contributed by atoms with E-state index in [1.807, 2.05) is 25.1 Å². The second-order valence-corrected chi connectivity index (χ2v) is 8.03. The number of carbonyl (C=O) groups excluding carboxylic acids is 1. The van der Waals surface area contributed by atoms with Gasteiger partial charge in [-0.15, -0.1) is 0 Å². The molecule has 0 saturated heterocycles. The van der Waals surface area contributed by atoms with E-state index in [0.717, 1.165) is 24.1 Å². The van der Waals surface area contributed by atoms with Crippen LogP contribution in [0.4, 0.5) is 0 Å². The fourth-order valence-corrected chi connectivity index (χ4v) is 4.30. The Labute approximate surface area is 149 Å². The first-order valence-electron chi connectivity index (χ1n) is 8.91. The maximum absolute atomic E-state index is 12.1. The number of nitrogens with zero attached hydrogens (tertiary/aromatic N) is 1. The Hall–Kier alpha value is -2.04. The van der Waals surface area contributed by atoms with E-state index in [1.54, 1.807) is 7.11 Å². The van der Waals surface area contributed by atoms with Crippen molar-refractivity contribution in [2.24, 2.45) is 21.8 Å². The Balaban J connectivity index is 1.59. The summed E-state index contributed by atoms with van der Waals surface area (Å²) in [6.07, 6.45) is 3.39. The van der Waals surface area contributed by atoms with Crippen molar-refractivity contribution in [3.05, 3.63) is 23.8 Å². The van der Waals surface area contributed by atoms with E-state index in [9.17, 15) is 4.79 Å². The van der Waals surface area contributed by atoms with Gasteiger partial charge < -0.3 is 9.47 Å². The third-order valence-electron chi connectivity index (χ3n) is 6.51. The Morgan fingerprint density at radius 1 is 1.32 bits per heavy atom. The minimum absolute atomic E-state index is 0.0836. The molecule has 1 N–H and O–H groups in total. The lowest BCUT2D eigenvalue weighted by molar-refractivity contribution is -0.123. The Morgan fingerprint density at radius 3 is 2.68 bits per heavy atom. The van der Waals surface area contributed by atoms with E-state index >= 15 is 0 Å². The summed E-state index contributed by atoms with van der Waals surface area (Å²) in [5.41, 5.74) is 5.21. The van der Waals surface area contributed by atoms with Crippen LogP contribution in [0.5, 0.6) is 11.5 Å². The molecule has 1 aromatic rings. The van der Waals surface area contributed by atoms with Gasteiger partial charge in [0.2, 0.25) is 0 Å². The molecule has 0 aromatic heterocycles. The van der Waals surface area contributed by atoms with Crippen LogP contribution < -0.4 is 14.9 Å². The van der Waals surface area contributed by atoms with Crippen LogP contribution in [0, 0.1) is 23.7 Å². The van der Waals surface area contributed by atoms with E-state index < -0.39 is 0 Å². The predicted molar refractivity (Wildman–Crippen MR) is 98.0 cm³/mol. The molecule has 3 rings (SSSR count). The van der Waals surface area contributed by atoms with Crippen LogP contribution in [-0.2, 0) is 4.79 Å². The summed E-state index contributed by atoms with van der Waals surface area (Å²) < 4.78 is 10.9. The highest BCUT2D eigenvalue weighted by molar-refractivity contribution is 5.95. The third kappa shape index (κ3) is 3.00. The molecule has 2 saturated carbocycles. The monoisotopic (exact) mass is 344 g/mol. The molecule has 5 heteroatoms. The zero-order valence-corrected chi connectivity index (χ0v) is 15.8. The number of benzene rings is 1. The number of aryl methyl sites for hydroxylation is 1. The van der Waals surface area contributed by atoms with E-state index in [2.05, 4.69) is 31.3 Å². The molecule has 136 valence electrons. The lowest BCUT2D eigenvalue weighted by Gasteiger charge is -2.34. The van der Waals surface area contributed by atoms with E-state index in [-0.39, 0.29) is 23.3 Å². The first kappa shape index (κ1) is 17.8. The SMILES string of the molecule is COc1cc(C)ccc1OCC(=O)NN=C1CC2CCC1(C)C2(C)C. The smallest absolute Gasteiger partial charge is 0.277 e. The van der Waals surface area contributed by atoms with Gasteiger partial charge in [-0.2, -0.15) is 5.10 Å². The topological polar surface area (TPSA) is 59.9 Å². The largest absolute Gasteiger partial charge is 0.493 e. The van der Waals surface area contributed by atoms with Gasteiger partial charge in [0.05, 0.1) is 7.11 Å². The summed E-state index contributed by atoms with van der Waals surface area (Å²) in [4.78, 5) is 12.1. The average Bonchev–Trinajstić information content (AvgIpc) is 2.91. The van der Waals surface area contributed by atoms with Gasteiger partial charge >= 0.3 is 0 Å². The molecule has 0 heterocycles. The summed E-state index contributed by atoms with van der Waals surface area (Å²) >= 11 is 0. The van der Waals surface area contributed by atoms with Crippen molar-refractivity contribution in [3.63, 3.8) is 0 Å². The van der Waals surface area contributed by atoms with Crippen molar-refractivity contribution in [1.82, 2.24) is 5.43 Å². The minimum atomic E-state index is -0.251. The molecule has 2 bridgehead atoms. The number of rotatable bonds is 5. The van der Waals surface area contributed by atoms with Gasteiger partial charge in [0.15, 0.2) is 18.1 Å². The minimum Gasteiger partial charge on any atom is -0.493 e. The van der Waals surface area contributed by atoms with Gasteiger partial charge in [-0.05, 0) is 55.2 Å². The number of fused-ring (bicyclic) bond motifs is 2. The average molecular weight is 344 g/mol. The van der Waals surface area contributed by atoms with Crippen LogP contribution in [0.15, 0.2) is 23.3 Å². The lowest BCUT2D eigenvalue weighted by Crippen LogP contribution is -2.35. The number of amides is 1. The summed E-state index contributed by atoms with van der Waals surface area (Å²) in [6.45, 7) is 8.81. The predicted octanol–water partition coefficient (Wildman–Crippen LogP) is 3.70. The molecule has 2 fully saturated rings. The Morgan fingerprint density at radius 2 is 2.08 bits per heavy atom. The van der Waals surface area contributed by atoms with Gasteiger partial charge in [0.1, 0.15) is 0 Å². The number of hydrazone groups is 1. The van der Waals surface area contributed by atoms with Crippen molar-refractivity contribution in [1.29, 1.82) is 0 Å². The number of ether oxygens (including phenoxy) is 2. The Bertz CT molecular complexity index is 711. The first-order valence-corrected chi connectivity index (χ1v) is 8.91. The maximum Gasteiger partial charge on any atom is 0.277 e. The molecule has 2 aliphatic rings. The number of methoxy groups -OCH3 is 1. The van der Waals surface area contributed by atoms with E-state index in [4.69, 9.17) is 9.47 Å². The van der Waals surface area contributed by atoms with Crippen molar-refractivity contribution >= 4 is 11.6 Å². The molecule has 2 unspecified atom stereocenters. The van der Waals surface area contributed by atoms with E-state index in [1.165, 1.54) is 6.42 Å². The zero-order valence-electron chi connectivity index (χ0n) is 15.8. The summed E-state index contributed by atoms with van der Waals surface area (Å²) in [5.74, 6) is 1.60. The Kier molecular flexibility index (Phi) is 4.52. The fourth-order valence-electron chi connectivity index (χ4n) is 4.30. The molecule has 2 aliphatic carbocycles. The molecule has 1 amide bonds. The van der Waals surface area contributed by atoms with Gasteiger partial charge in [-0.3, -0.25) is 4.79 Å². The molecule has 1 aromatic carbocycles. The van der Waals surface area contributed by atoms with Crippen molar-refractivity contribution in [2.45, 2.75) is 47.0 Å². The van der Waals surface area contributed by atoms with Gasteiger partial charge in [0, 0.05) is 11.1 Å². The molecular weight excluding hydrogens is 316 g/mol. The molecule has 5 nitrogen and oxygen atoms in total. The van der Waals surface area contributed by atoms with Crippen LogP contribution in [0.2, 0.25) is 0 Å². The normalized spacial score (nSPS) is 28.2. The highest BCUT2D eigenvalue weighted by atomic mass is 16.5. The van der Waals surface area contributed by atoms with Gasteiger partial charge in [-0.25, -0.2) is 5.43 Å². The van der Waals surface area contributed by atoms with Crippen molar-refractivity contribution in [3.8, 4) is 11.5 Å². The maximum atomic E-state index is 12.1. The number of nitrogens with one attached hydrogen (secondary N) is 1. The van der Waals surface area contributed by atoms with Gasteiger partial charge in [0.25, 0.3) is 5.91 Å². The molecule has 0 spiro atoms. The number of carbonyl (C=O) groups is 1. The lowest BCUT2D eigenvalue weighted by atomic mass is 9.70. The second-order valence-electron chi connectivity index (χ2n) is 8.03. The van der Waals surface area contributed by atoms with Crippen LogP contribution in [-0.4, -0.2) is 25.3 Å². The van der Waals surface area contributed by atoms with Crippen molar-refractivity contribution in [2.75, 3.05) is 13.7 Å². The second kappa shape index (κ2) is 6.36. The molecule has 2 atom stereocenters. The summed E-state index contributed by atoms with van der Waals surface area (Å²) in [7, 11) is 1.59. The molecule has 0 radical (unpaired) electrons. The van der Waals surface area contributed by atoms with Crippen LogP contribution in [0.1, 0.15) is 45.6 Å². The standard InChI is InChI=1S/C20H28N2O3/c1-13-6-7-15(16(10-13)24-5)25-12-18(23)22-21-17-11-14-8-9-20(17,4)19(14,2)3/h6-7,10,14H,8-9,11-12H2,1-5H3,(H,22,23). The molecule has 25 heavy (non-hydrogen) atoms. The molecule has 0 aliphatic heterocycles. The third-order valence-corrected chi connectivity index (χ3v) is 6.51. The quantitative estimate of drug-likeness (QED) is 0.829. The first-order chi connectivity index (χ1) is 11.8. The zero-order chi connectivity index (χ0) is 18.2. The van der Waals surface area contributed by atoms with Crippen LogP contribution in [0.25, 0.3) is 0 Å². The van der Waals surface area contributed by atoms with Crippen LogP contribution >= 0.6 is 0 Å². The number of hydrogen-bond acceptors (Lipinski definition) is 4. The summed E-state index contributed by atoms with van der Waals surface area (Å²) in [6, 6.07) is 5.62. The van der Waals surface area contributed by atoms with Gasteiger partial charge in [-0.1, -0.05) is 26.8 Å². The highest BCUT2D eigenvalue weighted by Crippen LogP contribution is 2.63. The van der Waals surface area contributed by atoms with E-state index in [0.29, 0.717) is 17.4 Å². The van der Waals surface area contributed by atoms with Crippen molar-refractivity contribution < 1.29 is 14.3 Å². The number of hydrogen-bond donors (Lipinski definition) is 1. The summed E-state index contributed by atoms with van der Waals surface area (Å²) in [5, 5.41) is 4.45. The molecular formula is C20H28N2O3.